The average molecular weight is 139 g/mol. The first-order valence-corrected chi connectivity index (χ1v) is 3.98. The maximum absolute atomic E-state index is 5.16. The summed E-state index contributed by atoms with van der Waals surface area (Å²) >= 11 is 0. The molecule has 3 aliphatic rings. The van der Waals surface area contributed by atoms with Gasteiger partial charge in [0.05, 0.1) is 6.10 Å². The van der Waals surface area contributed by atoms with Gasteiger partial charge in [0.1, 0.15) is 7.11 Å². The highest BCUT2D eigenvalue weighted by Gasteiger charge is 2.33. The Balaban J connectivity index is 2.01. The zero-order valence-electron chi connectivity index (χ0n) is 6.12. The summed E-state index contributed by atoms with van der Waals surface area (Å²) in [5.74, 6) is 0.745. The molecular formula is C8H13NO. The van der Waals surface area contributed by atoms with Gasteiger partial charge in [0.2, 0.25) is 0 Å². The Bertz CT molecular complexity index is 118. The number of rotatable bonds is 1. The summed E-state index contributed by atoms with van der Waals surface area (Å²) in [5.41, 5.74) is 0. The van der Waals surface area contributed by atoms with Gasteiger partial charge in [-0.2, -0.15) is 0 Å². The van der Waals surface area contributed by atoms with Gasteiger partial charge in [-0.3, -0.25) is 0 Å². The third-order valence-electron chi connectivity index (χ3n) is 2.77. The maximum Gasteiger partial charge on any atom is 0.116 e. The highest BCUT2D eigenvalue weighted by atomic mass is 16.5. The highest BCUT2D eigenvalue weighted by Crippen LogP contribution is 2.28. The number of hydrogen-bond donors (Lipinski definition) is 0. The smallest absolute Gasteiger partial charge is 0.116 e. The second-order valence-corrected chi connectivity index (χ2v) is 3.31. The second kappa shape index (κ2) is 2.51. The van der Waals surface area contributed by atoms with Crippen molar-refractivity contribution in [3.8, 4) is 0 Å². The molecule has 3 saturated heterocycles. The molecule has 0 saturated carbocycles. The normalized spacial score (nSPS) is 45.9. The summed E-state index contributed by atoms with van der Waals surface area (Å²) in [6, 6.07) is 0. The fraction of sp³-hybridized carbons (Fsp3) is 0.875. The molecule has 3 fully saturated rings. The summed E-state index contributed by atoms with van der Waals surface area (Å²) in [4.78, 5) is 2.43. The van der Waals surface area contributed by atoms with Crippen LogP contribution in [0.3, 0.4) is 0 Å². The fourth-order valence-electron chi connectivity index (χ4n) is 2.06. The molecule has 2 nitrogen and oxygen atoms in total. The molecule has 0 spiro atoms. The van der Waals surface area contributed by atoms with E-state index < -0.39 is 0 Å². The van der Waals surface area contributed by atoms with Crippen LogP contribution in [0.4, 0.5) is 0 Å². The lowest BCUT2D eigenvalue weighted by atomic mass is 9.86. The van der Waals surface area contributed by atoms with Gasteiger partial charge in [0.25, 0.3) is 0 Å². The molecule has 0 N–H and O–H groups in total. The first-order valence-electron chi connectivity index (χ1n) is 3.98. The summed E-state index contributed by atoms with van der Waals surface area (Å²) in [6.45, 7) is 3.57. The van der Waals surface area contributed by atoms with Crippen LogP contribution < -0.4 is 0 Å². The quantitative estimate of drug-likeness (QED) is 0.532. The van der Waals surface area contributed by atoms with Crippen molar-refractivity contribution >= 4 is 0 Å². The molecule has 2 heteroatoms. The van der Waals surface area contributed by atoms with Gasteiger partial charge in [-0.1, -0.05) is 0 Å². The van der Waals surface area contributed by atoms with E-state index in [9.17, 15) is 0 Å². The number of ether oxygens (including phenoxy) is 1. The van der Waals surface area contributed by atoms with Gasteiger partial charge in [0, 0.05) is 6.54 Å². The molecule has 0 aliphatic carbocycles. The number of piperidine rings is 3. The van der Waals surface area contributed by atoms with E-state index in [0.717, 1.165) is 12.5 Å². The third-order valence-corrected chi connectivity index (χ3v) is 2.77. The Morgan fingerprint density at radius 3 is 2.30 bits per heavy atom. The summed E-state index contributed by atoms with van der Waals surface area (Å²) in [7, 11) is 5.16. The minimum Gasteiger partial charge on any atom is -0.368 e. The van der Waals surface area contributed by atoms with Crippen molar-refractivity contribution in [2.75, 3.05) is 19.6 Å². The van der Waals surface area contributed by atoms with E-state index in [1.165, 1.54) is 25.9 Å². The van der Waals surface area contributed by atoms with Crippen molar-refractivity contribution < 1.29 is 4.74 Å². The molecule has 1 unspecified atom stereocenters. The van der Waals surface area contributed by atoms with Gasteiger partial charge < -0.3 is 9.64 Å². The lowest BCUT2D eigenvalue weighted by Crippen LogP contribution is -2.50. The largest absolute Gasteiger partial charge is 0.368 e. The van der Waals surface area contributed by atoms with Crippen LogP contribution in [0, 0.1) is 13.0 Å². The SMILES string of the molecule is [CH]OC1CN2CCC1CC2. The molecule has 3 aliphatic heterocycles. The molecule has 3 rings (SSSR count). The average Bonchev–Trinajstić information content (AvgIpc) is 2.06. The molecular weight excluding hydrogens is 126 g/mol. The van der Waals surface area contributed by atoms with Gasteiger partial charge >= 0.3 is 0 Å². The van der Waals surface area contributed by atoms with E-state index in [1.807, 2.05) is 0 Å². The van der Waals surface area contributed by atoms with Crippen LogP contribution in [0.2, 0.25) is 0 Å². The molecule has 1 atom stereocenters. The third kappa shape index (κ3) is 0.956. The lowest BCUT2D eigenvalue weighted by Gasteiger charge is -2.43. The molecule has 3 heterocycles. The van der Waals surface area contributed by atoms with Crippen molar-refractivity contribution in [2.24, 2.45) is 5.92 Å². The Morgan fingerprint density at radius 1 is 1.30 bits per heavy atom. The first-order chi connectivity index (χ1) is 4.90. The number of hydrogen-bond acceptors (Lipinski definition) is 2. The highest BCUT2D eigenvalue weighted by molar-refractivity contribution is 4.87. The predicted molar refractivity (Wildman–Crippen MR) is 38.3 cm³/mol. The van der Waals surface area contributed by atoms with E-state index in [1.54, 1.807) is 0 Å². The predicted octanol–water partition coefficient (Wildman–Crippen LogP) is 0.766. The zero-order chi connectivity index (χ0) is 6.97. The van der Waals surface area contributed by atoms with E-state index >= 15 is 0 Å². The van der Waals surface area contributed by atoms with Crippen LogP contribution in [-0.2, 0) is 4.74 Å². The van der Waals surface area contributed by atoms with Gasteiger partial charge in [-0.15, -0.1) is 0 Å². The first kappa shape index (κ1) is 6.62. The molecule has 0 amide bonds. The van der Waals surface area contributed by atoms with Gasteiger partial charge in [-0.25, -0.2) is 0 Å². The minimum atomic E-state index is 0.322. The van der Waals surface area contributed by atoms with Crippen LogP contribution in [-0.4, -0.2) is 30.6 Å². The van der Waals surface area contributed by atoms with Gasteiger partial charge in [-0.05, 0) is 31.8 Å². The van der Waals surface area contributed by atoms with E-state index in [2.05, 4.69) is 4.90 Å². The van der Waals surface area contributed by atoms with Crippen molar-refractivity contribution in [1.82, 2.24) is 4.90 Å². The van der Waals surface area contributed by atoms with Crippen molar-refractivity contribution in [3.63, 3.8) is 0 Å². The minimum absolute atomic E-state index is 0.322. The number of nitrogens with zero attached hydrogens (tertiary/aromatic N) is 1. The molecule has 0 aromatic heterocycles. The van der Waals surface area contributed by atoms with Crippen LogP contribution in [0.1, 0.15) is 12.8 Å². The molecule has 2 radical (unpaired) electrons. The Labute approximate surface area is 62.2 Å². The summed E-state index contributed by atoms with van der Waals surface area (Å²) in [5, 5.41) is 0. The van der Waals surface area contributed by atoms with E-state index in [4.69, 9.17) is 11.8 Å². The van der Waals surface area contributed by atoms with Crippen LogP contribution in [0.15, 0.2) is 0 Å². The molecule has 2 bridgehead atoms. The van der Waals surface area contributed by atoms with E-state index in [0.29, 0.717) is 6.10 Å². The number of fused-ring (bicyclic) bond motifs is 3. The topological polar surface area (TPSA) is 12.5 Å². The monoisotopic (exact) mass is 139 g/mol. The van der Waals surface area contributed by atoms with Crippen LogP contribution in [0.25, 0.3) is 0 Å². The van der Waals surface area contributed by atoms with E-state index in [-0.39, 0.29) is 0 Å². The van der Waals surface area contributed by atoms with Crippen molar-refractivity contribution in [2.45, 2.75) is 18.9 Å². The standard InChI is InChI=1S/C8H13NO/c1-10-8-6-9-4-2-7(8)3-5-9/h1,7-8H,2-6H2. The molecule has 0 aromatic carbocycles. The lowest BCUT2D eigenvalue weighted by molar-refractivity contribution is -0.0337. The summed E-state index contributed by atoms with van der Waals surface area (Å²) in [6.07, 6.45) is 2.88. The fourth-order valence-corrected chi connectivity index (χ4v) is 2.06. The summed E-state index contributed by atoms with van der Waals surface area (Å²) < 4.78 is 4.88. The van der Waals surface area contributed by atoms with Crippen molar-refractivity contribution in [3.05, 3.63) is 7.11 Å². The van der Waals surface area contributed by atoms with Crippen LogP contribution >= 0.6 is 0 Å². The Hall–Kier alpha value is -0.0800. The maximum atomic E-state index is 5.16. The molecule has 10 heavy (non-hydrogen) atoms. The van der Waals surface area contributed by atoms with Crippen molar-refractivity contribution in [1.29, 1.82) is 0 Å². The van der Waals surface area contributed by atoms with Crippen LogP contribution in [0.5, 0.6) is 0 Å². The second-order valence-electron chi connectivity index (χ2n) is 3.31. The molecule has 56 valence electrons. The Kier molecular flexibility index (Phi) is 1.66. The molecule has 0 aromatic rings. The van der Waals surface area contributed by atoms with Gasteiger partial charge in [0.15, 0.2) is 0 Å². The zero-order valence-corrected chi connectivity index (χ0v) is 6.12. The Morgan fingerprint density at radius 2 is 2.00 bits per heavy atom.